The van der Waals surface area contributed by atoms with Crippen molar-refractivity contribution in [2.24, 2.45) is 22.4 Å². The lowest BCUT2D eigenvalue weighted by Gasteiger charge is -2.05. The molecule has 1 fully saturated rings. The van der Waals surface area contributed by atoms with Crippen LogP contribution in [0, 0.1) is 5.92 Å². The van der Waals surface area contributed by atoms with Crippen LogP contribution in [0.1, 0.15) is 12.8 Å². The molecule has 0 saturated carbocycles. The van der Waals surface area contributed by atoms with Crippen molar-refractivity contribution in [3.8, 4) is 0 Å². The molecule has 1 saturated heterocycles. The zero-order chi connectivity index (χ0) is 10.6. The third-order valence-corrected chi connectivity index (χ3v) is 2.35. The van der Waals surface area contributed by atoms with E-state index < -0.39 is 12.0 Å². The summed E-state index contributed by atoms with van der Waals surface area (Å²) in [7, 11) is 0. The van der Waals surface area contributed by atoms with Gasteiger partial charge in [0.2, 0.25) is 0 Å². The number of carbonyl (C=O) groups is 1. The van der Waals surface area contributed by atoms with E-state index in [4.69, 9.17) is 16.6 Å². The summed E-state index contributed by atoms with van der Waals surface area (Å²) in [5.41, 5.74) is 10.3. The second-order valence-electron chi connectivity index (χ2n) is 3.50. The number of carboxylic acid groups (broad SMARTS) is 1. The van der Waals surface area contributed by atoms with Crippen LogP contribution in [0.15, 0.2) is 4.99 Å². The van der Waals surface area contributed by atoms with Crippen molar-refractivity contribution >= 4 is 11.9 Å². The first-order valence-electron chi connectivity index (χ1n) is 4.61. The summed E-state index contributed by atoms with van der Waals surface area (Å²) in [5.74, 6) is -0.334. The van der Waals surface area contributed by atoms with Crippen LogP contribution < -0.4 is 16.8 Å². The van der Waals surface area contributed by atoms with Crippen molar-refractivity contribution in [2.45, 2.75) is 18.9 Å². The van der Waals surface area contributed by atoms with Crippen LogP contribution in [0.25, 0.3) is 0 Å². The van der Waals surface area contributed by atoms with Crippen LogP contribution in [0.3, 0.4) is 0 Å². The number of hydrogen-bond acceptors (Lipinski definition) is 3. The number of rotatable bonds is 4. The van der Waals surface area contributed by atoms with E-state index in [1.807, 2.05) is 0 Å². The lowest BCUT2D eigenvalue weighted by atomic mass is 10.0. The minimum absolute atomic E-state index is 0.0886. The summed E-state index contributed by atoms with van der Waals surface area (Å²) >= 11 is 0. The molecule has 0 aromatic carbocycles. The molecular formula is C8H16N4O2. The van der Waals surface area contributed by atoms with E-state index >= 15 is 0 Å². The Morgan fingerprint density at radius 1 is 1.57 bits per heavy atom. The van der Waals surface area contributed by atoms with Crippen LogP contribution in [0.4, 0.5) is 0 Å². The molecule has 0 radical (unpaired) electrons. The number of nitrogens with zero attached hydrogens (tertiary/aromatic N) is 1. The van der Waals surface area contributed by atoms with Crippen molar-refractivity contribution < 1.29 is 9.90 Å². The minimum Gasteiger partial charge on any atom is -0.480 e. The smallest absolute Gasteiger partial charge is 0.320 e. The van der Waals surface area contributed by atoms with Gasteiger partial charge in [0, 0.05) is 6.54 Å². The highest BCUT2D eigenvalue weighted by Gasteiger charge is 2.28. The minimum atomic E-state index is -0.783. The maximum Gasteiger partial charge on any atom is 0.320 e. The monoisotopic (exact) mass is 200 g/mol. The fourth-order valence-corrected chi connectivity index (χ4v) is 1.59. The number of aliphatic carboxylic acids is 1. The standard InChI is InChI=1S/C8H16N4O2/c9-8(10)11-2-1-5-3-6(7(13)14)12-4-5/h5-6,12H,1-4H2,(H,13,14)(H4,9,10,11)/t5-,6+/m1/s1. The molecule has 0 aromatic rings. The second kappa shape index (κ2) is 4.80. The van der Waals surface area contributed by atoms with Crippen LogP contribution in [-0.4, -0.2) is 36.2 Å². The first kappa shape index (κ1) is 10.8. The first-order valence-corrected chi connectivity index (χ1v) is 4.61. The highest BCUT2D eigenvalue weighted by atomic mass is 16.4. The molecule has 0 aromatic heterocycles. The average Bonchev–Trinajstić information content (AvgIpc) is 2.52. The third kappa shape index (κ3) is 3.21. The molecule has 0 unspecified atom stereocenters. The Morgan fingerprint density at radius 2 is 2.29 bits per heavy atom. The Balaban J connectivity index is 2.23. The molecule has 6 heteroatoms. The number of nitrogens with two attached hydrogens (primary N) is 2. The van der Waals surface area contributed by atoms with Crippen LogP contribution >= 0.6 is 0 Å². The van der Waals surface area contributed by atoms with E-state index in [1.54, 1.807) is 0 Å². The van der Waals surface area contributed by atoms with E-state index in [-0.39, 0.29) is 5.96 Å². The van der Waals surface area contributed by atoms with Gasteiger partial charge in [-0.25, -0.2) is 0 Å². The zero-order valence-electron chi connectivity index (χ0n) is 7.94. The van der Waals surface area contributed by atoms with Gasteiger partial charge in [-0.05, 0) is 25.3 Å². The molecule has 6 N–H and O–H groups in total. The van der Waals surface area contributed by atoms with E-state index in [0.29, 0.717) is 18.9 Å². The first-order chi connectivity index (χ1) is 6.59. The summed E-state index contributed by atoms with van der Waals surface area (Å²) in [6, 6.07) is -0.404. The van der Waals surface area contributed by atoms with Crippen molar-refractivity contribution in [3.05, 3.63) is 0 Å². The number of hydrogen-bond donors (Lipinski definition) is 4. The van der Waals surface area contributed by atoms with E-state index in [2.05, 4.69) is 10.3 Å². The van der Waals surface area contributed by atoms with Gasteiger partial charge in [-0.15, -0.1) is 0 Å². The van der Waals surface area contributed by atoms with Gasteiger partial charge in [-0.1, -0.05) is 0 Å². The number of aliphatic imine (C=N–C) groups is 1. The zero-order valence-corrected chi connectivity index (χ0v) is 7.94. The van der Waals surface area contributed by atoms with Crippen molar-refractivity contribution in [3.63, 3.8) is 0 Å². The Kier molecular flexibility index (Phi) is 3.70. The molecule has 2 atom stereocenters. The van der Waals surface area contributed by atoms with Gasteiger partial charge < -0.3 is 21.9 Å². The quantitative estimate of drug-likeness (QED) is 0.333. The van der Waals surface area contributed by atoms with Crippen molar-refractivity contribution in [1.29, 1.82) is 0 Å². The molecule has 1 heterocycles. The Labute approximate surface area is 82.4 Å². The lowest BCUT2D eigenvalue weighted by molar-refractivity contribution is -0.139. The Hall–Kier alpha value is -1.30. The molecule has 1 aliphatic heterocycles. The number of carboxylic acids is 1. The molecule has 80 valence electrons. The SMILES string of the molecule is NC(N)=NCC[C@H]1CN[C@H](C(=O)O)C1. The van der Waals surface area contributed by atoms with Crippen LogP contribution in [-0.2, 0) is 4.79 Å². The molecule has 6 nitrogen and oxygen atoms in total. The highest BCUT2D eigenvalue weighted by molar-refractivity contribution is 5.75. The summed E-state index contributed by atoms with van der Waals surface area (Å²) < 4.78 is 0. The van der Waals surface area contributed by atoms with Gasteiger partial charge in [0.05, 0.1) is 0 Å². The van der Waals surface area contributed by atoms with Gasteiger partial charge >= 0.3 is 5.97 Å². The maximum atomic E-state index is 10.6. The van der Waals surface area contributed by atoms with E-state index in [9.17, 15) is 4.79 Å². The topological polar surface area (TPSA) is 114 Å². The van der Waals surface area contributed by atoms with Crippen molar-refractivity contribution in [1.82, 2.24) is 5.32 Å². The van der Waals surface area contributed by atoms with Gasteiger partial charge in [0.1, 0.15) is 6.04 Å². The number of guanidine groups is 1. The normalized spacial score (nSPS) is 26.0. The Bertz CT molecular complexity index is 237. The predicted octanol–water partition coefficient (Wildman–Crippen LogP) is -1.29. The fraction of sp³-hybridized carbons (Fsp3) is 0.750. The van der Waals surface area contributed by atoms with Gasteiger partial charge in [-0.3, -0.25) is 9.79 Å². The van der Waals surface area contributed by atoms with Gasteiger partial charge in [-0.2, -0.15) is 0 Å². The second-order valence-corrected chi connectivity index (χ2v) is 3.50. The lowest BCUT2D eigenvalue weighted by Crippen LogP contribution is -2.29. The highest BCUT2D eigenvalue weighted by Crippen LogP contribution is 2.17. The Morgan fingerprint density at radius 3 is 2.79 bits per heavy atom. The maximum absolute atomic E-state index is 10.6. The molecule has 0 aliphatic carbocycles. The molecule has 1 rings (SSSR count). The molecular weight excluding hydrogens is 184 g/mol. The van der Waals surface area contributed by atoms with Crippen LogP contribution in [0.2, 0.25) is 0 Å². The van der Waals surface area contributed by atoms with Gasteiger partial charge in [0.25, 0.3) is 0 Å². The molecule has 0 spiro atoms. The van der Waals surface area contributed by atoms with Crippen LogP contribution in [0.5, 0.6) is 0 Å². The van der Waals surface area contributed by atoms with Gasteiger partial charge in [0.15, 0.2) is 5.96 Å². The van der Waals surface area contributed by atoms with E-state index in [1.165, 1.54) is 0 Å². The molecule has 14 heavy (non-hydrogen) atoms. The molecule has 0 amide bonds. The average molecular weight is 200 g/mol. The third-order valence-electron chi connectivity index (χ3n) is 2.35. The predicted molar refractivity (Wildman–Crippen MR) is 52.8 cm³/mol. The van der Waals surface area contributed by atoms with E-state index in [0.717, 1.165) is 13.0 Å². The summed E-state index contributed by atoms with van der Waals surface area (Å²) in [5, 5.41) is 11.6. The summed E-state index contributed by atoms with van der Waals surface area (Å²) in [4.78, 5) is 14.5. The largest absolute Gasteiger partial charge is 0.480 e. The summed E-state index contributed by atoms with van der Waals surface area (Å²) in [6.07, 6.45) is 1.49. The molecule has 0 bridgehead atoms. The number of nitrogens with one attached hydrogen (secondary N) is 1. The fourth-order valence-electron chi connectivity index (χ4n) is 1.59. The molecule has 1 aliphatic rings. The summed E-state index contributed by atoms with van der Waals surface area (Å²) in [6.45, 7) is 1.30. The van der Waals surface area contributed by atoms with Crippen molar-refractivity contribution in [2.75, 3.05) is 13.1 Å².